The van der Waals surface area contributed by atoms with Crippen molar-refractivity contribution in [2.24, 2.45) is 0 Å². The summed E-state index contributed by atoms with van der Waals surface area (Å²) in [7, 11) is 0. The first kappa shape index (κ1) is 24.1. The smallest absolute Gasteiger partial charge is 0.300 e. The lowest BCUT2D eigenvalue weighted by Gasteiger charge is -2.26. The Bertz CT molecular complexity index is 1410. The van der Waals surface area contributed by atoms with Crippen molar-refractivity contribution in [3.05, 3.63) is 93.0 Å². The first-order chi connectivity index (χ1) is 16.8. The zero-order chi connectivity index (χ0) is 25.3. The van der Waals surface area contributed by atoms with E-state index in [0.717, 1.165) is 0 Å². The summed E-state index contributed by atoms with van der Waals surface area (Å²) >= 11 is 12.1. The highest BCUT2D eigenvalue weighted by Crippen LogP contribution is 2.44. The summed E-state index contributed by atoms with van der Waals surface area (Å²) in [6.45, 7) is 2.02. The Balaban J connectivity index is 1.96. The third-order valence-corrected chi connectivity index (χ3v) is 6.25. The molecule has 1 heterocycles. The number of benzene rings is 3. The minimum atomic E-state index is -1.06. The Morgan fingerprint density at radius 2 is 1.77 bits per heavy atom. The molecule has 1 aliphatic rings. The summed E-state index contributed by atoms with van der Waals surface area (Å²) in [4.78, 5) is 27.7. The van der Waals surface area contributed by atoms with E-state index in [2.05, 4.69) is 0 Å². The van der Waals surface area contributed by atoms with Crippen molar-refractivity contribution >= 4 is 46.3 Å². The van der Waals surface area contributed by atoms with Crippen molar-refractivity contribution in [1.29, 1.82) is 5.26 Å². The number of hydrogen-bond acceptors (Lipinski definition) is 6. The number of ether oxygens (including phenoxy) is 1. The van der Waals surface area contributed by atoms with Crippen LogP contribution >= 0.6 is 23.2 Å². The van der Waals surface area contributed by atoms with Gasteiger partial charge < -0.3 is 14.9 Å². The number of rotatable bonds is 5. The van der Waals surface area contributed by atoms with Gasteiger partial charge in [-0.1, -0.05) is 29.3 Å². The molecule has 0 spiro atoms. The quantitative estimate of drug-likeness (QED) is 0.263. The molecule has 1 amide bonds. The first-order valence-corrected chi connectivity index (χ1v) is 11.2. The molecular formula is C26H18Cl2N2O5. The van der Waals surface area contributed by atoms with Gasteiger partial charge in [0.1, 0.15) is 5.76 Å². The maximum Gasteiger partial charge on any atom is 0.300 e. The third kappa shape index (κ3) is 4.42. The highest BCUT2D eigenvalue weighted by atomic mass is 35.5. The number of carbonyl (C=O) groups excluding carboxylic acids is 2. The summed E-state index contributed by atoms with van der Waals surface area (Å²) < 4.78 is 5.49. The van der Waals surface area contributed by atoms with Crippen molar-refractivity contribution in [2.75, 3.05) is 11.5 Å². The fourth-order valence-electron chi connectivity index (χ4n) is 3.88. The largest absolute Gasteiger partial charge is 0.507 e. The summed E-state index contributed by atoms with van der Waals surface area (Å²) in [5.41, 5.74) is 1.16. The van der Waals surface area contributed by atoms with Crippen LogP contribution in [0.3, 0.4) is 0 Å². The minimum Gasteiger partial charge on any atom is -0.507 e. The average Bonchev–Trinajstić information content (AvgIpc) is 3.12. The normalized spacial score (nSPS) is 16.9. The summed E-state index contributed by atoms with van der Waals surface area (Å²) in [5, 5.41) is 30.9. The molecule has 1 atom stereocenters. The standard InChI is InChI=1S/C26H18Cl2N2O5/c1-2-35-21-12-15(6-10-20(21)31)23-22(24(32)16-5-9-18(27)19(28)11-16)25(33)26(34)30(23)17-7-3-14(13-29)4-8-17/h3-12,23,31-32H,2H2,1H3/b24-22-. The second-order valence-electron chi connectivity index (χ2n) is 7.62. The molecule has 35 heavy (non-hydrogen) atoms. The number of Topliss-reactive ketones (excluding diaryl/α,β-unsaturated/α-hetero) is 1. The Kier molecular flexibility index (Phi) is 6.70. The van der Waals surface area contributed by atoms with E-state index in [-0.39, 0.29) is 39.3 Å². The van der Waals surface area contributed by atoms with E-state index >= 15 is 0 Å². The van der Waals surface area contributed by atoms with Crippen LogP contribution in [0.5, 0.6) is 11.5 Å². The maximum atomic E-state index is 13.2. The van der Waals surface area contributed by atoms with Crippen LogP contribution in [0.2, 0.25) is 10.0 Å². The number of aromatic hydroxyl groups is 1. The molecule has 176 valence electrons. The number of amides is 1. The van der Waals surface area contributed by atoms with Crippen LogP contribution in [0, 0.1) is 11.3 Å². The molecule has 0 saturated carbocycles. The minimum absolute atomic E-state index is 0.115. The lowest BCUT2D eigenvalue weighted by molar-refractivity contribution is -0.132. The van der Waals surface area contributed by atoms with Gasteiger partial charge in [0, 0.05) is 11.3 Å². The predicted molar refractivity (Wildman–Crippen MR) is 132 cm³/mol. The lowest BCUT2D eigenvalue weighted by atomic mass is 9.94. The molecule has 3 aromatic rings. The fourth-order valence-corrected chi connectivity index (χ4v) is 4.18. The number of anilines is 1. The Morgan fingerprint density at radius 3 is 2.40 bits per heavy atom. The number of hydrogen-bond donors (Lipinski definition) is 2. The first-order valence-electron chi connectivity index (χ1n) is 10.5. The summed E-state index contributed by atoms with van der Waals surface area (Å²) in [5.74, 6) is -2.17. The van der Waals surface area contributed by atoms with Crippen molar-refractivity contribution in [2.45, 2.75) is 13.0 Å². The van der Waals surface area contributed by atoms with E-state index in [4.69, 9.17) is 33.2 Å². The highest BCUT2D eigenvalue weighted by molar-refractivity contribution is 6.51. The fraction of sp³-hybridized carbons (Fsp3) is 0.115. The van der Waals surface area contributed by atoms with Crippen LogP contribution in [-0.4, -0.2) is 28.5 Å². The molecule has 2 N–H and O–H groups in total. The van der Waals surface area contributed by atoms with Crippen LogP contribution < -0.4 is 9.64 Å². The van der Waals surface area contributed by atoms with Gasteiger partial charge in [0.2, 0.25) is 0 Å². The van der Waals surface area contributed by atoms with Crippen LogP contribution in [-0.2, 0) is 9.59 Å². The summed E-state index contributed by atoms with van der Waals surface area (Å²) in [6, 6.07) is 15.9. The van der Waals surface area contributed by atoms with Crippen LogP contribution in [0.25, 0.3) is 5.76 Å². The SMILES string of the molecule is CCOc1cc(C2/C(=C(/O)c3ccc(Cl)c(Cl)c3)C(=O)C(=O)N2c2ccc(C#N)cc2)ccc1O. The van der Waals surface area contributed by atoms with Gasteiger partial charge in [0.05, 0.1) is 39.9 Å². The monoisotopic (exact) mass is 508 g/mol. The van der Waals surface area contributed by atoms with Gasteiger partial charge in [-0.15, -0.1) is 0 Å². The number of phenolic OH excluding ortho intramolecular Hbond substituents is 1. The average molecular weight is 509 g/mol. The van der Waals surface area contributed by atoms with Gasteiger partial charge in [0.25, 0.3) is 11.7 Å². The number of ketones is 1. The van der Waals surface area contributed by atoms with Crippen LogP contribution in [0.4, 0.5) is 5.69 Å². The number of nitrogens with zero attached hydrogens (tertiary/aromatic N) is 2. The number of aliphatic hydroxyl groups is 1. The van der Waals surface area contributed by atoms with Crippen molar-refractivity contribution < 1.29 is 24.5 Å². The topological polar surface area (TPSA) is 111 Å². The molecule has 1 unspecified atom stereocenters. The van der Waals surface area contributed by atoms with Gasteiger partial charge in [0.15, 0.2) is 11.5 Å². The second kappa shape index (κ2) is 9.71. The zero-order valence-corrected chi connectivity index (χ0v) is 19.8. The summed E-state index contributed by atoms with van der Waals surface area (Å²) in [6.07, 6.45) is 0. The predicted octanol–water partition coefficient (Wildman–Crippen LogP) is 5.60. The molecule has 0 aromatic heterocycles. The number of nitriles is 1. The van der Waals surface area contributed by atoms with Crippen molar-refractivity contribution in [3.8, 4) is 17.6 Å². The Hall–Kier alpha value is -3.99. The molecule has 0 bridgehead atoms. The van der Waals surface area contributed by atoms with Crippen LogP contribution in [0.1, 0.15) is 29.7 Å². The van der Waals surface area contributed by atoms with Gasteiger partial charge in [-0.2, -0.15) is 5.26 Å². The van der Waals surface area contributed by atoms with Crippen molar-refractivity contribution in [3.63, 3.8) is 0 Å². The second-order valence-corrected chi connectivity index (χ2v) is 8.43. The molecule has 1 saturated heterocycles. The molecule has 1 aliphatic heterocycles. The van der Waals surface area contributed by atoms with E-state index in [1.807, 2.05) is 6.07 Å². The number of phenols is 1. The van der Waals surface area contributed by atoms with E-state index in [0.29, 0.717) is 16.8 Å². The zero-order valence-electron chi connectivity index (χ0n) is 18.3. The molecule has 0 radical (unpaired) electrons. The Labute approximate surface area is 211 Å². The van der Waals surface area contributed by atoms with E-state index < -0.39 is 23.5 Å². The van der Waals surface area contributed by atoms with E-state index in [1.165, 1.54) is 53.4 Å². The van der Waals surface area contributed by atoms with Gasteiger partial charge in [-0.05, 0) is 67.1 Å². The van der Waals surface area contributed by atoms with Crippen LogP contribution in [0.15, 0.2) is 66.2 Å². The number of carbonyl (C=O) groups is 2. The van der Waals surface area contributed by atoms with E-state index in [1.54, 1.807) is 19.1 Å². The molecule has 9 heteroatoms. The van der Waals surface area contributed by atoms with Gasteiger partial charge in [-0.3, -0.25) is 14.5 Å². The molecule has 4 rings (SSSR count). The van der Waals surface area contributed by atoms with E-state index in [9.17, 15) is 19.8 Å². The molecule has 3 aromatic carbocycles. The van der Waals surface area contributed by atoms with Gasteiger partial charge in [-0.25, -0.2) is 0 Å². The molecule has 7 nitrogen and oxygen atoms in total. The maximum absolute atomic E-state index is 13.2. The number of halogens is 2. The lowest BCUT2D eigenvalue weighted by Crippen LogP contribution is -2.29. The van der Waals surface area contributed by atoms with Gasteiger partial charge >= 0.3 is 0 Å². The number of aliphatic hydroxyl groups excluding tert-OH is 1. The highest BCUT2D eigenvalue weighted by Gasteiger charge is 2.47. The Morgan fingerprint density at radius 1 is 1.06 bits per heavy atom. The molecule has 0 aliphatic carbocycles. The molecule has 1 fully saturated rings. The molecular weight excluding hydrogens is 491 g/mol. The van der Waals surface area contributed by atoms with Crippen molar-refractivity contribution in [1.82, 2.24) is 0 Å². The third-order valence-electron chi connectivity index (χ3n) is 5.51.